The third-order valence-corrected chi connectivity index (χ3v) is 4.22. The summed E-state index contributed by atoms with van der Waals surface area (Å²) in [5, 5.41) is 3.69. The van der Waals surface area contributed by atoms with E-state index in [1.165, 1.54) is 0 Å². The highest BCUT2D eigenvalue weighted by Crippen LogP contribution is 2.24. The van der Waals surface area contributed by atoms with Crippen LogP contribution in [0.2, 0.25) is 5.02 Å². The molecule has 2 rings (SSSR count). The number of hydrogen-bond acceptors (Lipinski definition) is 3. The summed E-state index contributed by atoms with van der Waals surface area (Å²) >= 11 is 5.88. The average Bonchev–Trinajstić information content (AvgIpc) is 2.61. The Bertz CT molecular complexity index is 696. The van der Waals surface area contributed by atoms with Gasteiger partial charge in [-0.2, -0.15) is 0 Å². The normalized spacial score (nSPS) is 12.4. The Morgan fingerprint density at radius 2 is 1.64 bits per heavy atom. The average molecular weight is 362 g/mol. The number of halogens is 1. The number of methoxy groups -OCH3 is 1. The monoisotopic (exact) mass is 361 g/mol. The summed E-state index contributed by atoms with van der Waals surface area (Å²) in [5.74, 6) is 1.21. The molecule has 1 N–H and O–H groups in total. The molecule has 0 heterocycles. The summed E-state index contributed by atoms with van der Waals surface area (Å²) in [4.78, 5) is 12.7. The Morgan fingerprint density at radius 3 is 2.16 bits per heavy atom. The van der Waals surface area contributed by atoms with Gasteiger partial charge in [0, 0.05) is 5.02 Å². The number of nitrogens with one attached hydrogen (secondary N) is 1. The first-order valence-electron chi connectivity index (χ1n) is 8.25. The van der Waals surface area contributed by atoms with Crippen LogP contribution in [0.15, 0.2) is 48.5 Å². The van der Waals surface area contributed by atoms with Gasteiger partial charge in [-0.05, 0) is 62.2 Å². The van der Waals surface area contributed by atoms with Gasteiger partial charge in [-0.1, -0.05) is 30.7 Å². The van der Waals surface area contributed by atoms with Gasteiger partial charge in [0.05, 0.1) is 13.2 Å². The van der Waals surface area contributed by atoms with E-state index in [0.29, 0.717) is 10.8 Å². The van der Waals surface area contributed by atoms with Crippen LogP contribution in [-0.4, -0.2) is 18.6 Å². The minimum absolute atomic E-state index is 0.0912. The minimum Gasteiger partial charge on any atom is -0.497 e. The maximum Gasteiger partial charge on any atom is 0.264 e. The molecule has 0 fully saturated rings. The molecule has 2 aromatic rings. The van der Waals surface area contributed by atoms with Crippen molar-refractivity contribution in [1.82, 2.24) is 5.32 Å². The van der Waals surface area contributed by atoms with Gasteiger partial charge >= 0.3 is 0 Å². The van der Waals surface area contributed by atoms with Crippen molar-refractivity contribution in [1.29, 1.82) is 0 Å². The van der Waals surface area contributed by atoms with Crippen LogP contribution in [-0.2, 0) is 4.79 Å². The van der Waals surface area contributed by atoms with Crippen molar-refractivity contribution in [2.45, 2.75) is 38.8 Å². The summed E-state index contributed by atoms with van der Waals surface area (Å²) in [7, 11) is 1.63. The lowest BCUT2D eigenvalue weighted by molar-refractivity contribution is -0.135. The van der Waals surface area contributed by atoms with Gasteiger partial charge in [-0.25, -0.2) is 0 Å². The molecule has 1 amide bonds. The van der Waals surface area contributed by atoms with Crippen molar-refractivity contribution in [2.75, 3.05) is 7.11 Å². The Labute approximate surface area is 154 Å². The lowest BCUT2D eigenvalue weighted by atomic mass is 10.0. The van der Waals surface area contributed by atoms with Crippen LogP contribution >= 0.6 is 11.6 Å². The summed E-state index contributed by atoms with van der Waals surface area (Å²) in [5.41, 5.74) is 0.0206. The molecule has 5 heteroatoms. The zero-order valence-corrected chi connectivity index (χ0v) is 15.8. The second-order valence-electron chi connectivity index (χ2n) is 6.27. The first-order chi connectivity index (χ1) is 11.9. The van der Waals surface area contributed by atoms with E-state index in [0.717, 1.165) is 17.7 Å². The van der Waals surface area contributed by atoms with Crippen LogP contribution in [0.1, 0.15) is 38.8 Å². The van der Waals surface area contributed by atoms with E-state index in [1.807, 2.05) is 31.2 Å². The molecule has 1 unspecified atom stereocenters. The Morgan fingerprint density at radius 1 is 1.08 bits per heavy atom. The number of amides is 1. The highest BCUT2D eigenvalue weighted by molar-refractivity contribution is 6.30. The fraction of sp³-hybridized carbons (Fsp3) is 0.350. The van der Waals surface area contributed by atoms with Gasteiger partial charge in [-0.3, -0.25) is 4.79 Å². The molecule has 0 saturated carbocycles. The topological polar surface area (TPSA) is 47.6 Å². The lowest BCUT2D eigenvalue weighted by Gasteiger charge is -2.28. The Balaban J connectivity index is 2.07. The van der Waals surface area contributed by atoms with Crippen LogP contribution in [0, 0.1) is 0 Å². The van der Waals surface area contributed by atoms with Gasteiger partial charge in [-0.15, -0.1) is 0 Å². The van der Waals surface area contributed by atoms with E-state index in [9.17, 15) is 4.79 Å². The zero-order valence-electron chi connectivity index (χ0n) is 15.0. The molecule has 134 valence electrons. The molecule has 0 aliphatic rings. The second kappa shape index (κ2) is 8.26. The minimum atomic E-state index is -1.01. The fourth-order valence-corrected chi connectivity index (χ4v) is 2.56. The highest BCUT2D eigenvalue weighted by atomic mass is 35.5. The Hall–Kier alpha value is -2.20. The number of hydrogen-bond donors (Lipinski definition) is 1. The number of rotatable bonds is 7. The van der Waals surface area contributed by atoms with Crippen molar-refractivity contribution < 1.29 is 14.3 Å². The number of benzene rings is 2. The molecule has 0 radical (unpaired) electrons. The molecule has 0 saturated heterocycles. The maximum absolute atomic E-state index is 12.7. The smallest absolute Gasteiger partial charge is 0.264 e. The summed E-state index contributed by atoms with van der Waals surface area (Å²) in [6.07, 6.45) is 0.773. The third-order valence-electron chi connectivity index (χ3n) is 3.97. The molecule has 4 nitrogen and oxygen atoms in total. The molecule has 0 bridgehead atoms. The van der Waals surface area contributed by atoms with Crippen molar-refractivity contribution >= 4 is 17.5 Å². The van der Waals surface area contributed by atoms with E-state index >= 15 is 0 Å². The molecule has 0 aromatic heterocycles. The Kier molecular flexibility index (Phi) is 6.32. The second-order valence-corrected chi connectivity index (χ2v) is 6.71. The van der Waals surface area contributed by atoms with Crippen LogP contribution in [0.5, 0.6) is 11.5 Å². The largest absolute Gasteiger partial charge is 0.497 e. The van der Waals surface area contributed by atoms with Gasteiger partial charge < -0.3 is 14.8 Å². The first-order valence-corrected chi connectivity index (χ1v) is 8.63. The van der Waals surface area contributed by atoms with Crippen LogP contribution in [0.3, 0.4) is 0 Å². The van der Waals surface area contributed by atoms with E-state index in [1.54, 1.807) is 45.2 Å². The van der Waals surface area contributed by atoms with Crippen LogP contribution in [0.4, 0.5) is 0 Å². The predicted octanol–water partition coefficient (Wildman–Crippen LogP) is 4.77. The molecule has 0 spiro atoms. The first kappa shape index (κ1) is 19.1. The molecular formula is C20H24ClNO3. The fourth-order valence-electron chi connectivity index (χ4n) is 2.43. The molecule has 2 aromatic carbocycles. The predicted molar refractivity (Wildman–Crippen MR) is 100 cm³/mol. The van der Waals surface area contributed by atoms with Gasteiger partial charge in [0.25, 0.3) is 5.91 Å². The van der Waals surface area contributed by atoms with Crippen molar-refractivity contribution in [3.05, 3.63) is 59.1 Å². The number of ether oxygens (including phenoxy) is 2. The molecule has 0 aliphatic heterocycles. The summed E-state index contributed by atoms with van der Waals surface area (Å²) in [6, 6.07) is 14.6. The standard InChI is InChI=1S/C20H24ClNO3/c1-5-18(14-6-10-16(24-4)11-7-14)22-19(23)20(2,3)25-17-12-8-15(21)9-13-17/h6-13,18H,5H2,1-4H3,(H,22,23). The van der Waals surface area contributed by atoms with E-state index in [4.69, 9.17) is 21.1 Å². The maximum atomic E-state index is 12.7. The number of carbonyl (C=O) groups is 1. The van der Waals surface area contributed by atoms with Gasteiger partial charge in [0.15, 0.2) is 5.60 Å². The molecule has 0 aliphatic carbocycles. The molecule has 1 atom stereocenters. The van der Waals surface area contributed by atoms with Crippen LogP contribution in [0.25, 0.3) is 0 Å². The van der Waals surface area contributed by atoms with E-state index < -0.39 is 5.60 Å². The molecule has 25 heavy (non-hydrogen) atoms. The highest BCUT2D eigenvalue weighted by Gasteiger charge is 2.31. The SMILES string of the molecule is CCC(NC(=O)C(C)(C)Oc1ccc(Cl)cc1)c1ccc(OC)cc1. The molecular weight excluding hydrogens is 338 g/mol. The summed E-state index contributed by atoms with van der Waals surface area (Å²) < 4.78 is 11.0. The summed E-state index contributed by atoms with van der Waals surface area (Å²) in [6.45, 7) is 5.53. The van der Waals surface area contributed by atoms with Crippen molar-refractivity contribution in [3.63, 3.8) is 0 Å². The number of carbonyl (C=O) groups excluding carboxylic acids is 1. The van der Waals surface area contributed by atoms with Crippen LogP contribution < -0.4 is 14.8 Å². The quantitative estimate of drug-likeness (QED) is 0.772. The zero-order chi connectivity index (χ0) is 18.4. The van der Waals surface area contributed by atoms with Gasteiger partial charge in [0.2, 0.25) is 0 Å². The van der Waals surface area contributed by atoms with Crippen molar-refractivity contribution in [3.8, 4) is 11.5 Å². The van der Waals surface area contributed by atoms with Gasteiger partial charge in [0.1, 0.15) is 11.5 Å². The van der Waals surface area contributed by atoms with Crippen molar-refractivity contribution in [2.24, 2.45) is 0 Å². The van der Waals surface area contributed by atoms with E-state index in [-0.39, 0.29) is 11.9 Å². The third kappa shape index (κ3) is 5.13. The van der Waals surface area contributed by atoms with E-state index in [2.05, 4.69) is 5.32 Å². The lowest BCUT2D eigenvalue weighted by Crippen LogP contribution is -2.47.